The highest BCUT2D eigenvalue weighted by Crippen LogP contribution is 2.18. The lowest BCUT2D eigenvalue weighted by Gasteiger charge is -2.21. The molecular formula is C22H40O5. The average molecular weight is 385 g/mol. The molecule has 5 nitrogen and oxygen atoms in total. The van der Waals surface area contributed by atoms with E-state index in [1.807, 2.05) is 46.8 Å². The highest BCUT2D eigenvalue weighted by Gasteiger charge is 2.26. The maximum absolute atomic E-state index is 11.2. The van der Waals surface area contributed by atoms with Gasteiger partial charge in [-0.1, -0.05) is 67.7 Å². The minimum atomic E-state index is -0.998. The van der Waals surface area contributed by atoms with Crippen molar-refractivity contribution in [3.05, 3.63) is 35.4 Å². The molecule has 0 radical (unpaired) electrons. The van der Waals surface area contributed by atoms with Gasteiger partial charge in [0, 0.05) is 0 Å². The molecule has 0 spiro atoms. The SMILES string of the molecule is C.C.CC(C)OC(=O)C(O)C(C)C(C)C.CC(C)c1ccccc1C(=O)O. The number of hydrogen-bond acceptors (Lipinski definition) is 4. The lowest BCUT2D eigenvalue weighted by Crippen LogP contribution is -2.33. The molecule has 1 rings (SSSR count). The third-order valence-electron chi connectivity index (χ3n) is 3.96. The van der Waals surface area contributed by atoms with Crippen LogP contribution >= 0.6 is 0 Å². The van der Waals surface area contributed by atoms with Gasteiger partial charge in [0.05, 0.1) is 11.7 Å². The third-order valence-corrected chi connectivity index (χ3v) is 3.96. The Morgan fingerprint density at radius 2 is 1.41 bits per heavy atom. The Morgan fingerprint density at radius 1 is 0.926 bits per heavy atom. The normalized spacial score (nSPS) is 12.3. The van der Waals surface area contributed by atoms with Gasteiger partial charge in [0.25, 0.3) is 0 Å². The van der Waals surface area contributed by atoms with Crippen LogP contribution in [0.2, 0.25) is 0 Å². The van der Waals surface area contributed by atoms with Crippen LogP contribution in [0.3, 0.4) is 0 Å². The second-order valence-electron chi connectivity index (χ2n) is 7.08. The van der Waals surface area contributed by atoms with Gasteiger partial charge < -0.3 is 14.9 Å². The Kier molecular flexibility index (Phi) is 15.7. The summed E-state index contributed by atoms with van der Waals surface area (Å²) in [6, 6.07) is 7.10. The lowest BCUT2D eigenvalue weighted by molar-refractivity contribution is -0.161. The number of rotatable bonds is 6. The van der Waals surface area contributed by atoms with Gasteiger partial charge in [0.1, 0.15) is 0 Å². The molecule has 0 aromatic heterocycles. The first kappa shape index (κ1) is 29.9. The molecule has 0 saturated heterocycles. The van der Waals surface area contributed by atoms with E-state index >= 15 is 0 Å². The molecule has 1 aromatic rings. The molecule has 0 bridgehead atoms. The Morgan fingerprint density at radius 3 is 1.74 bits per heavy atom. The summed E-state index contributed by atoms with van der Waals surface area (Å²) in [6.07, 6.45) is -1.16. The number of aromatic carboxylic acids is 1. The van der Waals surface area contributed by atoms with Crippen molar-refractivity contribution in [1.29, 1.82) is 0 Å². The number of aliphatic hydroxyl groups excluding tert-OH is 1. The van der Waals surface area contributed by atoms with E-state index in [1.54, 1.807) is 26.0 Å². The minimum absolute atomic E-state index is 0. The van der Waals surface area contributed by atoms with Crippen molar-refractivity contribution in [2.75, 3.05) is 0 Å². The molecule has 0 aliphatic heterocycles. The second kappa shape index (κ2) is 14.2. The van der Waals surface area contributed by atoms with Crippen LogP contribution in [0, 0.1) is 11.8 Å². The Labute approximate surface area is 165 Å². The molecule has 0 aliphatic rings. The summed E-state index contributed by atoms with van der Waals surface area (Å²) < 4.78 is 4.89. The molecule has 0 amide bonds. The van der Waals surface area contributed by atoms with E-state index in [0.29, 0.717) is 5.56 Å². The summed E-state index contributed by atoms with van der Waals surface area (Å²) in [5.74, 6) is -0.895. The highest BCUT2D eigenvalue weighted by atomic mass is 16.6. The molecule has 0 heterocycles. The van der Waals surface area contributed by atoms with E-state index in [4.69, 9.17) is 9.84 Å². The Balaban J connectivity index is -0.000000398. The van der Waals surface area contributed by atoms with Crippen molar-refractivity contribution >= 4 is 11.9 Å². The number of esters is 1. The van der Waals surface area contributed by atoms with Gasteiger partial charge in [-0.3, -0.25) is 0 Å². The van der Waals surface area contributed by atoms with Crippen LogP contribution < -0.4 is 0 Å². The predicted octanol–water partition coefficient (Wildman–Crippen LogP) is 5.37. The molecule has 0 aliphatic carbocycles. The smallest absolute Gasteiger partial charge is 0.335 e. The van der Waals surface area contributed by atoms with Gasteiger partial charge >= 0.3 is 11.9 Å². The first-order valence-corrected chi connectivity index (χ1v) is 8.69. The van der Waals surface area contributed by atoms with Crippen LogP contribution in [0.15, 0.2) is 24.3 Å². The highest BCUT2D eigenvalue weighted by molar-refractivity contribution is 5.89. The van der Waals surface area contributed by atoms with Crippen molar-refractivity contribution in [3.63, 3.8) is 0 Å². The van der Waals surface area contributed by atoms with Gasteiger partial charge in [-0.2, -0.15) is 0 Å². The number of aliphatic hydroxyl groups is 1. The molecule has 0 saturated carbocycles. The molecule has 158 valence electrons. The van der Waals surface area contributed by atoms with Gasteiger partial charge in [0.15, 0.2) is 6.10 Å². The molecule has 2 atom stereocenters. The Bertz CT molecular complexity index is 549. The predicted molar refractivity (Wildman–Crippen MR) is 112 cm³/mol. The number of benzene rings is 1. The fourth-order valence-electron chi connectivity index (χ4n) is 2.08. The molecule has 0 fully saturated rings. The van der Waals surface area contributed by atoms with Gasteiger partial charge in [-0.15, -0.1) is 0 Å². The van der Waals surface area contributed by atoms with E-state index in [1.165, 1.54) is 0 Å². The summed E-state index contributed by atoms with van der Waals surface area (Å²) in [6.45, 7) is 13.3. The first-order valence-electron chi connectivity index (χ1n) is 8.69. The van der Waals surface area contributed by atoms with Crippen molar-refractivity contribution in [3.8, 4) is 0 Å². The van der Waals surface area contributed by atoms with E-state index < -0.39 is 18.0 Å². The zero-order chi connectivity index (χ0) is 19.7. The molecule has 27 heavy (non-hydrogen) atoms. The van der Waals surface area contributed by atoms with Crippen LogP contribution in [-0.4, -0.2) is 34.4 Å². The van der Waals surface area contributed by atoms with E-state index in [9.17, 15) is 14.7 Å². The van der Waals surface area contributed by atoms with E-state index in [-0.39, 0.29) is 38.7 Å². The summed E-state index contributed by atoms with van der Waals surface area (Å²) in [4.78, 5) is 22.0. The topological polar surface area (TPSA) is 83.8 Å². The monoisotopic (exact) mass is 384 g/mol. The number of hydrogen-bond donors (Lipinski definition) is 2. The maximum atomic E-state index is 11.2. The Hall–Kier alpha value is -1.88. The summed E-state index contributed by atoms with van der Waals surface area (Å²) in [7, 11) is 0. The summed E-state index contributed by atoms with van der Waals surface area (Å²) in [5, 5.41) is 18.3. The van der Waals surface area contributed by atoms with Crippen LogP contribution in [0.25, 0.3) is 0 Å². The largest absolute Gasteiger partial charge is 0.478 e. The average Bonchev–Trinajstić information content (AvgIpc) is 2.53. The lowest BCUT2D eigenvalue weighted by atomic mass is 9.92. The maximum Gasteiger partial charge on any atom is 0.335 e. The molecule has 5 heteroatoms. The zero-order valence-electron chi connectivity index (χ0n) is 16.3. The summed E-state index contributed by atoms with van der Waals surface area (Å²) in [5.41, 5.74) is 1.30. The molecule has 2 N–H and O–H groups in total. The summed E-state index contributed by atoms with van der Waals surface area (Å²) >= 11 is 0. The number of carbonyl (C=O) groups is 2. The fraction of sp³-hybridized carbons (Fsp3) is 0.636. The quantitative estimate of drug-likeness (QED) is 0.644. The standard InChI is InChI=1S/C10H20O3.C10H12O2.2CH4/c1-6(2)8(5)9(11)10(12)13-7(3)4;1-7(2)8-5-3-4-6-9(8)10(11)12;;/h6-9,11H,1-5H3;3-7H,1-2H3,(H,11,12);2*1H4. The first-order chi connectivity index (χ1) is 11.5. The minimum Gasteiger partial charge on any atom is -0.478 e. The second-order valence-corrected chi connectivity index (χ2v) is 7.08. The van der Waals surface area contributed by atoms with Crippen molar-refractivity contribution in [2.24, 2.45) is 11.8 Å². The van der Waals surface area contributed by atoms with Crippen molar-refractivity contribution in [2.45, 2.75) is 81.4 Å². The van der Waals surface area contributed by atoms with Crippen LogP contribution in [0.1, 0.15) is 85.2 Å². The fourth-order valence-corrected chi connectivity index (χ4v) is 2.08. The van der Waals surface area contributed by atoms with Crippen LogP contribution in [0.5, 0.6) is 0 Å². The molecular weight excluding hydrogens is 344 g/mol. The number of carbonyl (C=O) groups excluding carboxylic acids is 1. The van der Waals surface area contributed by atoms with Crippen molar-refractivity contribution < 1.29 is 24.5 Å². The molecule has 2 unspecified atom stereocenters. The van der Waals surface area contributed by atoms with Crippen LogP contribution in [0.4, 0.5) is 0 Å². The van der Waals surface area contributed by atoms with Crippen LogP contribution in [-0.2, 0) is 9.53 Å². The van der Waals surface area contributed by atoms with E-state index in [0.717, 1.165) is 5.56 Å². The van der Waals surface area contributed by atoms with Gasteiger partial charge in [-0.05, 0) is 43.2 Å². The van der Waals surface area contributed by atoms with Gasteiger partial charge in [-0.25, -0.2) is 9.59 Å². The van der Waals surface area contributed by atoms with Gasteiger partial charge in [0.2, 0.25) is 0 Å². The molecule has 1 aromatic carbocycles. The zero-order valence-corrected chi connectivity index (χ0v) is 16.3. The van der Waals surface area contributed by atoms with Crippen molar-refractivity contribution in [1.82, 2.24) is 0 Å². The number of ether oxygens (including phenoxy) is 1. The third kappa shape index (κ3) is 10.8. The number of carboxylic acid groups (broad SMARTS) is 1. The number of carboxylic acids is 1. The van der Waals surface area contributed by atoms with E-state index in [2.05, 4.69) is 0 Å².